The van der Waals surface area contributed by atoms with Gasteiger partial charge >= 0.3 is 6.09 Å². The first-order valence-corrected chi connectivity index (χ1v) is 10.0. The lowest BCUT2D eigenvalue weighted by Crippen LogP contribution is -2.54. The van der Waals surface area contributed by atoms with Crippen molar-refractivity contribution in [3.63, 3.8) is 0 Å². The zero-order valence-corrected chi connectivity index (χ0v) is 17.8. The standard InChI is InChI=1S/C19H33N7O2/c1-12-23-24-16(25(12)6)11-21-17(20-5)22-13-9-14-7-8-15(10-13)26(14)18(27)28-19(2,3)4/h13-15H,7-11H2,1-6H3,(H2,20,21,22). The van der Waals surface area contributed by atoms with E-state index in [0.717, 1.165) is 43.3 Å². The van der Waals surface area contributed by atoms with Crippen LogP contribution in [0.1, 0.15) is 58.1 Å². The van der Waals surface area contributed by atoms with E-state index in [1.165, 1.54) is 0 Å². The van der Waals surface area contributed by atoms with E-state index < -0.39 is 5.60 Å². The second-order valence-corrected chi connectivity index (χ2v) is 8.73. The number of rotatable bonds is 3. The van der Waals surface area contributed by atoms with Crippen molar-refractivity contribution in [2.24, 2.45) is 12.0 Å². The summed E-state index contributed by atoms with van der Waals surface area (Å²) in [7, 11) is 3.72. The van der Waals surface area contributed by atoms with Crippen LogP contribution in [-0.2, 0) is 18.3 Å². The predicted molar refractivity (Wildman–Crippen MR) is 107 cm³/mol. The molecule has 2 aliphatic heterocycles. The van der Waals surface area contributed by atoms with E-state index in [1.54, 1.807) is 7.05 Å². The molecule has 3 rings (SSSR count). The van der Waals surface area contributed by atoms with Gasteiger partial charge in [0.1, 0.15) is 11.4 Å². The Morgan fingerprint density at radius 2 is 1.89 bits per heavy atom. The molecule has 2 N–H and O–H groups in total. The molecule has 0 aliphatic carbocycles. The van der Waals surface area contributed by atoms with Gasteiger partial charge in [0.05, 0.1) is 6.54 Å². The molecular weight excluding hydrogens is 358 g/mol. The van der Waals surface area contributed by atoms with Crippen LogP contribution in [0, 0.1) is 6.92 Å². The summed E-state index contributed by atoms with van der Waals surface area (Å²) in [6.07, 6.45) is 3.69. The van der Waals surface area contributed by atoms with E-state index in [9.17, 15) is 4.79 Å². The van der Waals surface area contributed by atoms with Gasteiger partial charge < -0.3 is 24.8 Å². The van der Waals surface area contributed by atoms with Crippen molar-refractivity contribution in [2.75, 3.05) is 7.05 Å². The Bertz CT molecular complexity index is 723. The molecule has 0 radical (unpaired) electrons. The van der Waals surface area contributed by atoms with Crippen LogP contribution in [0.15, 0.2) is 4.99 Å². The lowest BCUT2D eigenvalue weighted by molar-refractivity contribution is 0.00545. The van der Waals surface area contributed by atoms with Crippen molar-refractivity contribution < 1.29 is 9.53 Å². The molecule has 28 heavy (non-hydrogen) atoms. The maximum Gasteiger partial charge on any atom is 0.410 e. The Morgan fingerprint density at radius 3 is 2.39 bits per heavy atom. The first-order valence-electron chi connectivity index (χ1n) is 10.0. The number of amides is 1. The van der Waals surface area contributed by atoms with Gasteiger partial charge in [-0.3, -0.25) is 4.99 Å². The minimum Gasteiger partial charge on any atom is -0.444 e. The van der Waals surface area contributed by atoms with Crippen LogP contribution in [0.3, 0.4) is 0 Å². The fraction of sp³-hybridized carbons (Fsp3) is 0.789. The van der Waals surface area contributed by atoms with Crippen LogP contribution in [0.25, 0.3) is 0 Å². The average molecular weight is 392 g/mol. The van der Waals surface area contributed by atoms with Crippen LogP contribution in [0.2, 0.25) is 0 Å². The van der Waals surface area contributed by atoms with Gasteiger partial charge in [0.25, 0.3) is 0 Å². The van der Waals surface area contributed by atoms with Crippen LogP contribution >= 0.6 is 0 Å². The number of hydrogen-bond acceptors (Lipinski definition) is 5. The van der Waals surface area contributed by atoms with Crippen LogP contribution in [0.4, 0.5) is 4.79 Å². The third-order valence-electron chi connectivity index (χ3n) is 5.50. The first-order chi connectivity index (χ1) is 13.2. The molecule has 2 fully saturated rings. The van der Waals surface area contributed by atoms with Gasteiger partial charge in [-0.2, -0.15) is 0 Å². The molecule has 9 nitrogen and oxygen atoms in total. The van der Waals surface area contributed by atoms with Gasteiger partial charge in [-0.1, -0.05) is 0 Å². The number of fused-ring (bicyclic) bond motifs is 2. The molecule has 2 unspecified atom stereocenters. The fourth-order valence-corrected chi connectivity index (χ4v) is 4.06. The molecule has 0 saturated carbocycles. The molecule has 1 amide bonds. The van der Waals surface area contributed by atoms with Crippen LogP contribution in [0.5, 0.6) is 0 Å². The summed E-state index contributed by atoms with van der Waals surface area (Å²) in [5.41, 5.74) is -0.463. The summed E-state index contributed by atoms with van der Waals surface area (Å²) in [5, 5.41) is 15.1. The minimum atomic E-state index is -0.463. The molecule has 2 saturated heterocycles. The lowest BCUT2D eigenvalue weighted by atomic mass is 9.98. The number of carbonyl (C=O) groups is 1. The summed E-state index contributed by atoms with van der Waals surface area (Å²) in [5.74, 6) is 2.49. The Morgan fingerprint density at radius 1 is 1.25 bits per heavy atom. The number of hydrogen-bond donors (Lipinski definition) is 2. The monoisotopic (exact) mass is 391 g/mol. The van der Waals surface area contributed by atoms with Crippen LogP contribution in [-0.4, -0.2) is 62.5 Å². The van der Waals surface area contributed by atoms with Crippen LogP contribution < -0.4 is 10.6 Å². The van der Waals surface area contributed by atoms with E-state index >= 15 is 0 Å². The normalized spacial score (nSPS) is 25.0. The summed E-state index contributed by atoms with van der Waals surface area (Å²) in [6.45, 7) is 8.22. The number of nitrogens with one attached hydrogen (secondary N) is 2. The molecule has 2 bridgehead atoms. The second-order valence-electron chi connectivity index (χ2n) is 8.73. The van der Waals surface area contributed by atoms with E-state index in [-0.39, 0.29) is 24.2 Å². The smallest absolute Gasteiger partial charge is 0.410 e. The summed E-state index contributed by atoms with van der Waals surface area (Å²) in [4.78, 5) is 18.9. The zero-order chi connectivity index (χ0) is 20.5. The van der Waals surface area contributed by atoms with Crippen molar-refractivity contribution in [3.8, 4) is 0 Å². The number of piperidine rings is 1. The molecule has 0 spiro atoms. The number of aryl methyl sites for hydroxylation is 1. The molecule has 0 aromatic carbocycles. The van der Waals surface area contributed by atoms with Gasteiger partial charge in [0.15, 0.2) is 11.8 Å². The average Bonchev–Trinajstić information content (AvgIpc) is 3.07. The number of nitrogens with zero attached hydrogens (tertiary/aromatic N) is 5. The van der Waals surface area contributed by atoms with E-state index in [4.69, 9.17) is 4.74 Å². The van der Waals surface area contributed by atoms with Crippen molar-refractivity contribution >= 4 is 12.1 Å². The third-order valence-corrected chi connectivity index (χ3v) is 5.50. The topological polar surface area (TPSA) is 96.7 Å². The van der Waals surface area contributed by atoms with Crippen molar-refractivity contribution in [1.82, 2.24) is 30.3 Å². The highest BCUT2D eigenvalue weighted by Gasteiger charge is 2.45. The highest BCUT2D eigenvalue weighted by Crippen LogP contribution is 2.36. The zero-order valence-electron chi connectivity index (χ0n) is 17.8. The molecule has 1 aromatic rings. The van der Waals surface area contributed by atoms with Crippen molar-refractivity contribution in [2.45, 2.75) is 83.6 Å². The van der Waals surface area contributed by atoms with Gasteiger partial charge in [0.2, 0.25) is 0 Å². The number of carbonyl (C=O) groups excluding carboxylic acids is 1. The Hall–Kier alpha value is -2.32. The van der Waals surface area contributed by atoms with E-state index in [2.05, 4.69) is 25.8 Å². The molecule has 2 atom stereocenters. The lowest BCUT2D eigenvalue weighted by Gasteiger charge is -2.40. The molecular formula is C19H33N7O2. The quantitative estimate of drug-likeness (QED) is 0.602. The minimum absolute atomic E-state index is 0.182. The summed E-state index contributed by atoms with van der Waals surface area (Å²) in [6, 6.07) is 0.736. The maximum absolute atomic E-state index is 12.6. The van der Waals surface area contributed by atoms with Gasteiger partial charge in [-0.15, -0.1) is 10.2 Å². The highest BCUT2D eigenvalue weighted by atomic mass is 16.6. The summed E-state index contributed by atoms with van der Waals surface area (Å²) >= 11 is 0. The Labute approximate surface area is 166 Å². The third kappa shape index (κ3) is 4.56. The number of aliphatic imine (C=N–C) groups is 1. The molecule has 9 heteroatoms. The molecule has 156 valence electrons. The Kier molecular flexibility index (Phi) is 5.81. The van der Waals surface area contributed by atoms with Gasteiger partial charge in [0, 0.05) is 32.2 Å². The molecule has 2 aliphatic rings. The predicted octanol–water partition coefficient (Wildman–Crippen LogP) is 1.72. The Balaban J connectivity index is 1.55. The van der Waals surface area contributed by atoms with E-state index in [1.807, 2.05) is 44.2 Å². The fourth-order valence-electron chi connectivity index (χ4n) is 4.06. The summed E-state index contributed by atoms with van der Waals surface area (Å²) < 4.78 is 7.57. The first kappa shape index (κ1) is 20.4. The van der Waals surface area contributed by atoms with Gasteiger partial charge in [-0.25, -0.2) is 4.79 Å². The van der Waals surface area contributed by atoms with Crippen molar-refractivity contribution in [3.05, 3.63) is 11.6 Å². The number of guanidine groups is 1. The maximum atomic E-state index is 12.6. The SMILES string of the molecule is CN=C(NCc1nnc(C)n1C)NC1CC2CCC(C1)N2C(=O)OC(C)(C)C. The molecule has 1 aromatic heterocycles. The number of ether oxygens (including phenoxy) is 1. The largest absolute Gasteiger partial charge is 0.444 e. The molecule has 3 heterocycles. The van der Waals surface area contributed by atoms with Gasteiger partial charge in [-0.05, 0) is 53.4 Å². The van der Waals surface area contributed by atoms with Crippen molar-refractivity contribution in [1.29, 1.82) is 0 Å². The number of aromatic nitrogens is 3. The van der Waals surface area contributed by atoms with E-state index in [0.29, 0.717) is 6.54 Å². The highest BCUT2D eigenvalue weighted by molar-refractivity contribution is 5.80. The second kappa shape index (κ2) is 7.97.